The van der Waals surface area contributed by atoms with Crippen LogP contribution in [0.15, 0.2) is 18.3 Å². The van der Waals surface area contributed by atoms with Gasteiger partial charge in [-0.15, -0.1) is 0 Å². The second-order valence-corrected chi connectivity index (χ2v) is 4.32. The van der Waals surface area contributed by atoms with Crippen LogP contribution in [0.2, 0.25) is 0 Å². The lowest BCUT2D eigenvalue weighted by atomic mass is 10.0. The second kappa shape index (κ2) is 5.64. The van der Waals surface area contributed by atoms with Crippen molar-refractivity contribution >= 4 is 5.78 Å². The van der Waals surface area contributed by atoms with Crippen LogP contribution in [-0.4, -0.2) is 10.8 Å². The summed E-state index contributed by atoms with van der Waals surface area (Å²) in [4.78, 5) is 15.8. The Morgan fingerprint density at radius 3 is 2.80 bits per heavy atom. The van der Waals surface area contributed by atoms with Gasteiger partial charge in [-0.2, -0.15) is 0 Å². The Kier molecular flexibility index (Phi) is 4.47. The predicted molar refractivity (Wildman–Crippen MR) is 61.8 cm³/mol. The number of carbonyl (C=O) groups excluding carboxylic acids is 1. The number of nitrogens with zero attached hydrogens (tertiary/aromatic N) is 1. The van der Waals surface area contributed by atoms with Crippen molar-refractivity contribution in [3.63, 3.8) is 0 Å². The summed E-state index contributed by atoms with van der Waals surface area (Å²) in [5.41, 5.74) is 2.15. The first-order chi connectivity index (χ1) is 7.11. The molecule has 0 fully saturated rings. The molecule has 0 amide bonds. The highest BCUT2D eigenvalue weighted by Crippen LogP contribution is 2.07. The number of aromatic nitrogens is 1. The number of hydrogen-bond donors (Lipinski definition) is 0. The summed E-state index contributed by atoms with van der Waals surface area (Å²) in [5, 5.41) is 0. The molecule has 0 bridgehead atoms. The highest BCUT2D eigenvalue weighted by molar-refractivity contribution is 5.80. The second-order valence-electron chi connectivity index (χ2n) is 4.32. The fourth-order valence-corrected chi connectivity index (χ4v) is 1.57. The van der Waals surface area contributed by atoms with Gasteiger partial charge in [-0.3, -0.25) is 9.78 Å². The molecule has 0 atom stereocenters. The van der Waals surface area contributed by atoms with E-state index in [0.29, 0.717) is 18.8 Å². The highest BCUT2D eigenvalue weighted by Gasteiger charge is 2.07. The average Bonchev–Trinajstić information content (AvgIpc) is 2.16. The fourth-order valence-electron chi connectivity index (χ4n) is 1.57. The largest absolute Gasteiger partial charge is 0.299 e. The average molecular weight is 205 g/mol. The van der Waals surface area contributed by atoms with Crippen molar-refractivity contribution in [2.75, 3.05) is 0 Å². The van der Waals surface area contributed by atoms with Crippen LogP contribution in [0.5, 0.6) is 0 Å². The molecular weight excluding hydrogens is 186 g/mol. The third-order valence-electron chi connectivity index (χ3n) is 2.30. The van der Waals surface area contributed by atoms with Crippen LogP contribution in [-0.2, 0) is 17.6 Å². The van der Waals surface area contributed by atoms with Gasteiger partial charge in [0.1, 0.15) is 5.78 Å². The first kappa shape index (κ1) is 11.9. The Morgan fingerprint density at radius 2 is 2.20 bits per heavy atom. The summed E-state index contributed by atoms with van der Waals surface area (Å²) >= 11 is 0. The van der Waals surface area contributed by atoms with Crippen LogP contribution < -0.4 is 0 Å². The topological polar surface area (TPSA) is 30.0 Å². The lowest BCUT2D eigenvalue weighted by Crippen LogP contribution is -2.07. The Morgan fingerprint density at radius 1 is 1.47 bits per heavy atom. The summed E-state index contributed by atoms with van der Waals surface area (Å²) in [7, 11) is 0. The molecule has 1 aromatic heterocycles. The van der Waals surface area contributed by atoms with Crippen LogP contribution in [0.3, 0.4) is 0 Å². The van der Waals surface area contributed by atoms with E-state index >= 15 is 0 Å². The summed E-state index contributed by atoms with van der Waals surface area (Å²) in [6, 6.07) is 4.02. The van der Waals surface area contributed by atoms with Gasteiger partial charge in [0.2, 0.25) is 0 Å². The normalized spacial score (nSPS) is 10.7. The van der Waals surface area contributed by atoms with E-state index in [9.17, 15) is 4.79 Å². The van der Waals surface area contributed by atoms with Crippen LogP contribution in [0.4, 0.5) is 0 Å². The van der Waals surface area contributed by atoms with Crippen molar-refractivity contribution in [2.45, 2.75) is 40.0 Å². The van der Waals surface area contributed by atoms with Gasteiger partial charge in [0, 0.05) is 24.7 Å². The molecule has 15 heavy (non-hydrogen) atoms. The molecule has 0 aliphatic heterocycles. The number of hydrogen-bond acceptors (Lipinski definition) is 2. The molecule has 0 unspecified atom stereocenters. The predicted octanol–water partition coefficient (Wildman–Crippen LogP) is 2.80. The molecule has 0 radical (unpaired) electrons. The third-order valence-corrected chi connectivity index (χ3v) is 2.30. The lowest BCUT2D eigenvalue weighted by molar-refractivity contribution is -0.119. The molecule has 0 N–H and O–H groups in total. The summed E-state index contributed by atoms with van der Waals surface area (Å²) in [6.07, 6.45) is 3.91. The number of pyridine rings is 1. The summed E-state index contributed by atoms with van der Waals surface area (Å²) in [6.45, 7) is 6.23. The van der Waals surface area contributed by atoms with Crippen molar-refractivity contribution in [1.29, 1.82) is 0 Å². The van der Waals surface area contributed by atoms with Gasteiger partial charge < -0.3 is 0 Å². The van der Waals surface area contributed by atoms with Gasteiger partial charge in [0.15, 0.2) is 0 Å². The standard InChI is InChI=1S/C13H19NO/c1-4-11-5-6-14-12(8-11)9-13(15)7-10(2)3/h5-6,8,10H,4,7,9H2,1-3H3. The van der Waals surface area contributed by atoms with Crippen LogP contribution in [0, 0.1) is 5.92 Å². The van der Waals surface area contributed by atoms with E-state index in [1.165, 1.54) is 5.56 Å². The molecule has 0 aliphatic rings. The first-order valence-electron chi connectivity index (χ1n) is 5.57. The number of carbonyl (C=O) groups is 1. The molecule has 1 heterocycles. The molecule has 0 saturated heterocycles. The van der Waals surface area contributed by atoms with Crippen LogP contribution in [0.1, 0.15) is 38.4 Å². The Hall–Kier alpha value is -1.18. The van der Waals surface area contributed by atoms with E-state index in [1.54, 1.807) is 6.20 Å². The van der Waals surface area contributed by atoms with Gasteiger partial charge >= 0.3 is 0 Å². The van der Waals surface area contributed by atoms with Crippen molar-refractivity contribution in [3.05, 3.63) is 29.6 Å². The molecule has 0 aromatic carbocycles. The van der Waals surface area contributed by atoms with Crippen molar-refractivity contribution in [1.82, 2.24) is 4.98 Å². The highest BCUT2D eigenvalue weighted by atomic mass is 16.1. The third kappa shape index (κ3) is 4.24. The Balaban J connectivity index is 2.60. The zero-order valence-corrected chi connectivity index (χ0v) is 9.79. The fraction of sp³-hybridized carbons (Fsp3) is 0.538. The summed E-state index contributed by atoms with van der Waals surface area (Å²) < 4.78 is 0. The SMILES string of the molecule is CCc1ccnc(CC(=O)CC(C)C)c1. The number of rotatable bonds is 5. The molecule has 1 aromatic rings. The zero-order valence-electron chi connectivity index (χ0n) is 9.79. The van der Waals surface area contributed by atoms with E-state index in [2.05, 4.69) is 25.8 Å². The molecule has 0 saturated carbocycles. The van der Waals surface area contributed by atoms with E-state index < -0.39 is 0 Å². The van der Waals surface area contributed by atoms with Gasteiger partial charge in [-0.05, 0) is 30.0 Å². The molecule has 0 aliphatic carbocycles. The smallest absolute Gasteiger partial charge is 0.139 e. The van der Waals surface area contributed by atoms with Crippen LogP contribution >= 0.6 is 0 Å². The van der Waals surface area contributed by atoms with E-state index in [1.807, 2.05) is 12.1 Å². The van der Waals surface area contributed by atoms with Crippen LogP contribution in [0.25, 0.3) is 0 Å². The Bertz CT molecular complexity index is 331. The number of ketones is 1. The first-order valence-corrected chi connectivity index (χ1v) is 5.57. The molecule has 2 nitrogen and oxygen atoms in total. The minimum Gasteiger partial charge on any atom is -0.299 e. The minimum absolute atomic E-state index is 0.283. The van der Waals surface area contributed by atoms with E-state index in [0.717, 1.165) is 12.1 Å². The maximum absolute atomic E-state index is 11.6. The minimum atomic E-state index is 0.283. The lowest BCUT2D eigenvalue weighted by Gasteiger charge is -2.04. The molecule has 1 rings (SSSR count). The number of Topliss-reactive ketones (excluding diaryl/α,β-unsaturated/α-hetero) is 1. The van der Waals surface area contributed by atoms with Crippen molar-refractivity contribution in [2.24, 2.45) is 5.92 Å². The van der Waals surface area contributed by atoms with Crippen molar-refractivity contribution in [3.8, 4) is 0 Å². The quantitative estimate of drug-likeness (QED) is 0.740. The molecule has 2 heteroatoms. The molecule has 0 spiro atoms. The zero-order chi connectivity index (χ0) is 11.3. The number of aryl methyl sites for hydroxylation is 1. The van der Waals surface area contributed by atoms with Crippen molar-refractivity contribution < 1.29 is 4.79 Å². The Labute approximate surface area is 91.7 Å². The maximum Gasteiger partial charge on any atom is 0.139 e. The molecule has 82 valence electrons. The van der Waals surface area contributed by atoms with Gasteiger partial charge in [0.05, 0.1) is 0 Å². The molecular formula is C13H19NO. The van der Waals surface area contributed by atoms with E-state index in [4.69, 9.17) is 0 Å². The van der Waals surface area contributed by atoms with Gasteiger partial charge in [-0.1, -0.05) is 20.8 Å². The van der Waals surface area contributed by atoms with Gasteiger partial charge in [0.25, 0.3) is 0 Å². The monoisotopic (exact) mass is 205 g/mol. The maximum atomic E-state index is 11.6. The van der Waals surface area contributed by atoms with Gasteiger partial charge in [-0.25, -0.2) is 0 Å². The summed E-state index contributed by atoms with van der Waals surface area (Å²) in [5.74, 6) is 0.720. The van der Waals surface area contributed by atoms with E-state index in [-0.39, 0.29) is 5.78 Å².